The molecule has 0 aromatic rings. The maximum Gasteiger partial charge on any atom is 0.248 e. The topological polar surface area (TPSA) is 45.1 Å². The zero-order valence-corrected chi connectivity index (χ0v) is 9.67. The van der Waals surface area contributed by atoms with Crippen LogP contribution in [0.4, 0.5) is 0 Å². The van der Waals surface area contributed by atoms with Crippen LogP contribution in [-0.2, 0) is 9.53 Å². The lowest BCUT2D eigenvalue weighted by molar-refractivity contribution is -0.135. The fourth-order valence-corrected chi connectivity index (χ4v) is 1.62. The number of carbonyl (C=O) groups is 1. The SMILES string of the molecule is CC1=NSC(OCC(=O)N(C)C)N1C. The predicted molar refractivity (Wildman–Crippen MR) is 56.9 cm³/mol. The highest BCUT2D eigenvalue weighted by Gasteiger charge is 2.24. The minimum Gasteiger partial charge on any atom is -0.347 e. The molecule has 1 aliphatic heterocycles. The Kier molecular flexibility index (Phi) is 3.77. The molecule has 0 aliphatic carbocycles. The Hall–Kier alpha value is -0.750. The third-order valence-electron chi connectivity index (χ3n) is 1.95. The first kappa shape index (κ1) is 11.3. The lowest BCUT2D eigenvalue weighted by Crippen LogP contribution is -2.34. The minimum absolute atomic E-state index is 0.0384. The van der Waals surface area contributed by atoms with E-state index in [0.29, 0.717) is 0 Å². The Morgan fingerprint density at radius 1 is 1.71 bits per heavy atom. The second kappa shape index (κ2) is 4.65. The van der Waals surface area contributed by atoms with Gasteiger partial charge in [0.05, 0.1) is 0 Å². The summed E-state index contributed by atoms with van der Waals surface area (Å²) in [6, 6.07) is 0. The van der Waals surface area contributed by atoms with Gasteiger partial charge < -0.3 is 14.5 Å². The van der Waals surface area contributed by atoms with E-state index < -0.39 is 0 Å². The van der Waals surface area contributed by atoms with Crippen LogP contribution in [0.2, 0.25) is 0 Å². The zero-order valence-electron chi connectivity index (χ0n) is 8.85. The van der Waals surface area contributed by atoms with Crippen LogP contribution in [0.3, 0.4) is 0 Å². The third kappa shape index (κ3) is 2.62. The lowest BCUT2D eigenvalue weighted by Gasteiger charge is -2.21. The average Bonchev–Trinajstić information content (AvgIpc) is 2.44. The summed E-state index contributed by atoms with van der Waals surface area (Å²) in [6.45, 7) is 2.00. The van der Waals surface area contributed by atoms with Crippen LogP contribution in [0.15, 0.2) is 4.40 Å². The van der Waals surface area contributed by atoms with E-state index >= 15 is 0 Å². The van der Waals surface area contributed by atoms with E-state index in [1.807, 2.05) is 18.9 Å². The van der Waals surface area contributed by atoms with Gasteiger partial charge in [-0.05, 0) is 6.92 Å². The van der Waals surface area contributed by atoms with E-state index in [4.69, 9.17) is 4.74 Å². The quantitative estimate of drug-likeness (QED) is 0.641. The molecule has 14 heavy (non-hydrogen) atoms. The van der Waals surface area contributed by atoms with Crippen LogP contribution in [0.5, 0.6) is 0 Å². The summed E-state index contributed by atoms with van der Waals surface area (Å²) >= 11 is 1.33. The van der Waals surface area contributed by atoms with E-state index in [0.717, 1.165) is 5.84 Å². The Labute approximate surface area is 88.2 Å². The number of hydrogen-bond donors (Lipinski definition) is 0. The highest BCUT2D eigenvalue weighted by Crippen LogP contribution is 2.24. The number of hydrogen-bond acceptors (Lipinski definition) is 5. The van der Waals surface area contributed by atoms with Gasteiger partial charge in [0.25, 0.3) is 0 Å². The molecule has 1 atom stereocenters. The normalized spacial score (nSPS) is 21.0. The van der Waals surface area contributed by atoms with Gasteiger partial charge in [-0.1, -0.05) is 0 Å². The zero-order chi connectivity index (χ0) is 10.7. The molecule has 0 N–H and O–H groups in total. The van der Waals surface area contributed by atoms with Crippen molar-refractivity contribution >= 4 is 23.7 Å². The van der Waals surface area contributed by atoms with E-state index in [1.54, 1.807) is 14.1 Å². The van der Waals surface area contributed by atoms with E-state index in [2.05, 4.69) is 4.40 Å². The molecule has 1 rings (SSSR count). The molecule has 0 aromatic heterocycles. The lowest BCUT2D eigenvalue weighted by atomic mass is 10.6. The van der Waals surface area contributed by atoms with Gasteiger partial charge in [0.1, 0.15) is 12.4 Å². The standard InChI is InChI=1S/C8H15N3O2S/c1-6-9-14-8(11(6)4)13-5-7(12)10(2)3/h8H,5H2,1-4H3. The van der Waals surface area contributed by atoms with Crippen molar-refractivity contribution in [2.45, 2.75) is 12.5 Å². The van der Waals surface area contributed by atoms with Gasteiger partial charge in [-0.2, -0.15) is 4.40 Å². The van der Waals surface area contributed by atoms with Gasteiger partial charge in [0.15, 0.2) is 0 Å². The van der Waals surface area contributed by atoms with Crippen LogP contribution in [-0.4, -0.2) is 54.9 Å². The number of carbonyl (C=O) groups excluding carboxylic acids is 1. The third-order valence-corrected chi connectivity index (χ3v) is 2.95. The maximum atomic E-state index is 11.2. The number of rotatable bonds is 3. The molecule has 1 unspecified atom stereocenters. The molecule has 6 heteroatoms. The molecule has 0 saturated carbocycles. The van der Waals surface area contributed by atoms with Gasteiger partial charge in [0, 0.05) is 33.1 Å². The number of amides is 1. The van der Waals surface area contributed by atoms with E-state index in [9.17, 15) is 4.79 Å². The number of likely N-dealkylation sites (N-methyl/N-ethyl adjacent to an activating group) is 1. The Bertz CT molecular complexity index is 255. The first-order valence-electron chi connectivity index (χ1n) is 4.27. The van der Waals surface area contributed by atoms with Crippen molar-refractivity contribution in [3.63, 3.8) is 0 Å². The molecular weight excluding hydrogens is 202 g/mol. The van der Waals surface area contributed by atoms with Crippen LogP contribution >= 0.6 is 11.9 Å². The number of amidine groups is 1. The summed E-state index contributed by atoms with van der Waals surface area (Å²) in [5.41, 5.74) is -0.168. The summed E-state index contributed by atoms with van der Waals surface area (Å²) in [4.78, 5) is 14.6. The maximum absolute atomic E-state index is 11.2. The summed E-state index contributed by atoms with van der Waals surface area (Å²) in [5, 5.41) is 0. The van der Waals surface area contributed by atoms with E-state index in [1.165, 1.54) is 16.8 Å². The molecular formula is C8H15N3O2S. The fourth-order valence-electron chi connectivity index (χ4n) is 0.823. The second-order valence-corrected chi connectivity index (χ2v) is 4.06. The first-order valence-corrected chi connectivity index (χ1v) is 5.11. The van der Waals surface area contributed by atoms with Crippen molar-refractivity contribution in [2.24, 2.45) is 4.40 Å². The van der Waals surface area contributed by atoms with E-state index in [-0.39, 0.29) is 18.1 Å². The summed E-state index contributed by atoms with van der Waals surface area (Å²) in [5.74, 6) is 0.876. The minimum atomic E-state index is -0.168. The van der Waals surface area contributed by atoms with Gasteiger partial charge >= 0.3 is 0 Å². The largest absolute Gasteiger partial charge is 0.347 e. The summed E-state index contributed by atoms with van der Waals surface area (Å²) in [6.07, 6.45) is 0. The Balaban J connectivity index is 2.31. The van der Waals surface area contributed by atoms with Crippen LogP contribution in [0.25, 0.3) is 0 Å². The van der Waals surface area contributed by atoms with Gasteiger partial charge in [0.2, 0.25) is 11.5 Å². The first-order chi connectivity index (χ1) is 6.52. The molecule has 0 saturated heterocycles. The van der Waals surface area contributed by atoms with Gasteiger partial charge in [-0.25, -0.2) is 0 Å². The van der Waals surface area contributed by atoms with Crippen molar-refractivity contribution in [1.82, 2.24) is 9.80 Å². The molecule has 1 heterocycles. The Morgan fingerprint density at radius 3 is 2.79 bits per heavy atom. The summed E-state index contributed by atoms with van der Waals surface area (Å²) < 4.78 is 9.52. The predicted octanol–water partition coefficient (Wildman–Crippen LogP) is 0.387. The average molecular weight is 217 g/mol. The van der Waals surface area contributed by atoms with Gasteiger partial charge in [-0.3, -0.25) is 4.79 Å². The summed E-state index contributed by atoms with van der Waals surface area (Å²) in [7, 11) is 5.31. The van der Waals surface area contributed by atoms with Crippen molar-refractivity contribution < 1.29 is 9.53 Å². The fraction of sp³-hybridized carbons (Fsp3) is 0.750. The van der Waals surface area contributed by atoms with Crippen molar-refractivity contribution in [2.75, 3.05) is 27.7 Å². The molecule has 1 amide bonds. The molecule has 5 nitrogen and oxygen atoms in total. The smallest absolute Gasteiger partial charge is 0.248 e. The van der Waals surface area contributed by atoms with Gasteiger partial charge in [-0.15, -0.1) is 0 Å². The second-order valence-electron chi connectivity index (χ2n) is 3.26. The number of ether oxygens (including phenoxy) is 1. The highest BCUT2D eigenvalue weighted by molar-refractivity contribution is 7.98. The highest BCUT2D eigenvalue weighted by atomic mass is 32.2. The van der Waals surface area contributed by atoms with Crippen LogP contribution < -0.4 is 0 Å². The molecule has 1 aliphatic rings. The molecule has 0 radical (unpaired) electrons. The van der Waals surface area contributed by atoms with Crippen LogP contribution in [0.1, 0.15) is 6.92 Å². The molecule has 0 aromatic carbocycles. The Morgan fingerprint density at radius 2 is 2.36 bits per heavy atom. The number of nitrogens with zero attached hydrogens (tertiary/aromatic N) is 3. The molecule has 0 fully saturated rings. The molecule has 0 spiro atoms. The molecule has 0 bridgehead atoms. The molecule has 80 valence electrons. The van der Waals surface area contributed by atoms with Crippen molar-refractivity contribution in [3.8, 4) is 0 Å². The van der Waals surface area contributed by atoms with Crippen LogP contribution in [0, 0.1) is 0 Å². The van der Waals surface area contributed by atoms with Crippen molar-refractivity contribution in [1.29, 1.82) is 0 Å². The monoisotopic (exact) mass is 217 g/mol. The van der Waals surface area contributed by atoms with Crippen molar-refractivity contribution in [3.05, 3.63) is 0 Å².